The molecule has 1 aromatic heterocycles. The molecular weight excluding hydrogens is 276 g/mol. The molecule has 2 aromatic rings. The number of aryl methyl sites for hydroxylation is 1. The van der Waals surface area contributed by atoms with Gasteiger partial charge in [0, 0.05) is 30.2 Å². The number of rotatable bonds is 6. The van der Waals surface area contributed by atoms with Gasteiger partial charge in [0.25, 0.3) is 0 Å². The van der Waals surface area contributed by atoms with Gasteiger partial charge in [0.15, 0.2) is 0 Å². The van der Waals surface area contributed by atoms with Crippen molar-refractivity contribution in [2.75, 3.05) is 25.6 Å². The maximum absolute atomic E-state index is 11.8. The molecule has 0 aliphatic carbocycles. The van der Waals surface area contributed by atoms with Gasteiger partial charge in [-0.05, 0) is 19.4 Å². The molecule has 0 N–H and O–H groups in total. The number of benzene rings is 1. The van der Waals surface area contributed by atoms with Crippen molar-refractivity contribution in [1.82, 2.24) is 4.98 Å². The van der Waals surface area contributed by atoms with Crippen LogP contribution in [0.5, 0.6) is 0 Å². The normalized spacial score (nSPS) is 10.7. The summed E-state index contributed by atoms with van der Waals surface area (Å²) >= 11 is 0. The first-order chi connectivity index (χ1) is 10.6. The minimum Gasteiger partial charge on any atom is -0.469 e. The molecule has 0 radical (unpaired) electrons. The van der Waals surface area contributed by atoms with Crippen molar-refractivity contribution in [1.29, 1.82) is 0 Å². The van der Waals surface area contributed by atoms with Crippen LogP contribution in [-0.4, -0.2) is 31.7 Å². The molecule has 0 atom stereocenters. The monoisotopic (exact) mass is 300 g/mol. The summed E-state index contributed by atoms with van der Waals surface area (Å²) in [5, 5.41) is 1.09. The average molecular weight is 300 g/mol. The Labute approximate surface area is 132 Å². The summed E-state index contributed by atoms with van der Waals surface area (Å²) in [6, 6.07) is 8.09. The predicted octanol–water partition coefficient (Wildman–Crippen LogP) is 3.50. The van der Waals surface area contributed by atoms with Crippen molar-refractivity contribution < 1.29 is 9.53 Å². The van der Waals surface area contributed by atoms with E-state index in [4.69, 9.17) is 4.74 Å². The summed E-state index contributed by atoms with van der Waals surface area (Å²) in [4.78, 5) is 18.7. The van der Waals surface area contributed by atoms with E-state index < -0.39 is 0 Å². The molecule has 0 aliphatic heterocycles. The molecule has 0 aliphatic rings. The number of pyridine rings is 1. The van der Waals surface area contributed by atoms with E-state index in [9.17, 15) is 4.79 Å². The zero-order chi connectivity index (χ0) is 16.1. The molecule has 0 saturated carbocycles. The first-order valence-corrected chi connectivity index (χ1v) is 7.74. The quantitative estimate of drug-likeness (QED) is 0.766. The number of carbonyl (C=O) groups is 1. The Morgan fingerprint density at radius 2 is 2.05 bits per heavy atom. The van der Waals surface area contributed by atoms with Gasteiger partial charge in [0.2, 0.25) is 0 Å². The Hall–Kier alpha value is -2.10. The number of para-hydroxylation sites is 1. The summed E-state index contributed by atoms with van der Waals surface area (Å²) in [5.74, 6) is -0.231. The fourth-order valence-corrected chi connectivity index (χ4v) is 2.72. The highest BCUT2D eigenvalue weighted by Gasteiger charge is 2.18. The van der Waals surface area contributed by atoms with E-state index in [0.29, 0.717) is 0 Å². The maximum atomic E-state index is 11.8. The van der Waals surface area contributed by atoms with Crippen LogP contribution in [-0.2, 0) is 16.0 Å². The zero-order valence-corrected chi connectivity index (χ0v) is 13.8. The van der Waals surface area contributed by atoms with Crippen LogP contribution >= 0.6 is 0 Å². The Morgan fingerprint density at radius 1 is 1.32 bits per heavy atom. The first kappa shape index (κ1) is 16.3. The van der Waals surface area contributed by atoms with Crippen molar-refractivity contribution in [2.24, 2.45) is 0 Å². The molecule has 0 bridgehead atoms. The molecule has 2 rings (SSSR count). The van der Waals surface area contributed by atoms with E-state index in [-0.39, 0.29) is 12.4 Å². The lowest BCUT2D eigenvalue weighted by Gasteiger charge is -2.25. The van der Waals surface area contributed by atoms with E-state index >= 15 is 0 Å². The van der Waals surface area contributed by atoms with Gasteiger partial charge in [0.1, 0.15) is 0 Å². The number of aromatic nitrogens is 1. The molecule has 4 heteroatoms. The van der Waals surface area contributed by atoms with Crippen molar-refractivity contribution in [3.8, 4) is 0 Å². The molecule has 0 saturated heterocycles. The molecule has 0 unspecified atom stereocenters. The number of nitrogens with zero attached hydrogens (tertiary/aromatic N) is 2. The average Bonchev–Trinajstić information content (AvgIpc) is 2.53. The van der Waals surface area contributed by atoms with Crippen molar-refractivity contribution >= 4 is 22.6 Å². The summed E-state index contributed by atoms with van der Waals surface area (Å²) in [5.41, 5.74) is 3.92. The minimum absolute atomic E-state index is 0.231. The molecule has 1 aromatic carbocycles. The summed E-state index contributed by atoms with van der Waals surface area (Å²) in [6.07, 6.45) is 2.51. The number of esters is 1. The predicted molar refractivity (Wildman–Crippen MR) is 90.4 cm³/mol. The van der Waals surface area contributed by atoms with Gasteiger partial charge in [-0.1, -0.05) is 31.5 Å². The zero-order valence-electron chi connectivity index (χ0n) is 13.8. The van der Waals surface area contributed by atoms with Gasteiger partial charge in [-0.3, -0.25) is 9.78 Å². The van der Waals surface area contributed by atoms with Crippen LogP contribution in [0.2, 0.25) is 0 Å². The Kier molecular flexibility index (Phi) is 5.36. The molecular formula is C18H24N2O2. The number of methoxy groups -OCH3 is 1. The fraction of sp³-hybridized carbons (Fsp3) is 0.444. The van der Waals surface area contributed by atoms with Gasteiger partial charge in [-0.15, -0.1) is 0 Å². The van der Waals surface area contributed by atoms with Crippen LogP contribution in [0.3, 0.4) is 0 Å². The van der Waals surface area contributed by atoms with Gasteiger partial charge in [0.05, 0.1) is 24.7 Å². The number of carbonyl (C=O) groups excluding carboxylic acids is 1. The SMILES string of the molecule is CCCCN(C)c1c(CC(=O)OC)c(C)nc2ccccc12. The molecule has 0 fully saturated rings. The summed E-state index contributed by atoms with van der Waals surface area (Å²) in [6.45, 7) is 5.10. The summed E-state index contributed by atoms with van der Waals surface area (Å²) in [7, 11) is 3.50. The van der Waals surface area contributed by atoms with Crippen molar-refractivity contribution in [3.63, 3.8) is 0 Å². The number of fused-ring (bicyclic) bond motifs is 1. The van der Waals surface area contributed by atoms with E-state index in [2.05, 4.69) is 29.9 Å². The van der Waals surface area contributed by atoms with E-state index in [1.807, 2.05) is 25.1 Å². The Balaban J connectivity index is 2.59. The number of anilines is 1. The second kappa shape index (κ2) is 7.25. The number of hydrogen-bond donors (Lipinski definition) is 0. The van der Waals surface area contributed by atoms with E-state index in [1.54, 1.807) is 0 Å². The smallest absolute Gasteiger partial charge is 0.310 e. The molecule has 1 heterocycles. The molecule has 4 nitrogen and oxygen atoms in total. The van der Waals surface area contributed by atoms with Crippen LogP contribution in [0.4, 0.5) is 5.69 Å². The third-order valence-corrected chi connectivity index (χ3v) is 3.95. The van der Waals surface area contributed by atoms with Crippen LogP contribution < -0.4 is 4.90 Å². The van der Waals surface area contributed by atoms with E-state index in [0.717, 1.165) is 47.2 Å². The molecule has 0 amide bonds. The number of unbranched alkanes of at least 4 members (excludes halogenated alkanes) is 1. The highest BCUT2D eigenvalue weighted by atomic mass is 16.5. The Bertz CT molecular complexity index is 667. The van der Waals surface area contributed by atoms with Gasteiger partial charge >= 0.3 is 5.97 Å². The third kappa shape index (κ3) is 3.38. The highest BCUT2D eigenvalue weighted by molar-refractivity contribution is 5.95. The largest absolute Gasteiger partial charge is 0.469 e. The first-order valence-electron chi connectivity index (χ1n) is 7.74. The van der Waals surface area contributed by atoms with Gasteiger partial charge < -0.3 is 9.64 Å². The van der Waals surface area contributed by atoms with Crippen molar-refractivity contribution in [3.05, 3.63) is 35.5 Å². The second-order valence-corrected chi connectivity index (χ2v) is 5.57. The lowest BCUT2D eigenvalue weighted by Crippen LogP contribution is -2.22. The maximum Gasteiger partial charge on any atom is 0.310 e. The lowest BCUT2D eigenvalue weighted by molar-refractivity contribution is -0.139. The second-order valence-electron chi connectivity index (χ2n) is 5.57. The molecule has 0 spiro atoms. The van der Waals surface area contributed by atoms with Crippen molar-refractivity contribution in [2.45, 2.75) is 33.1 Å². The van der Waals surface area contributed by atoms with Crippen LogP contribution in [0.1, 0.15) is 31.0 Å². The molecule has 118 valence electrons. The standard InChI is InChI=1S/C18H24N2O2/c1-5-6-11-20(3)18-14-9-7-8-10-16(14)19-13(2)15(18)12-17(21)22-4/h7-10H,5-6,11-12H2,1-4H3. The van der Waals surface area contributed by atoms with E-state index in [1.165, 1.54) is 7.11 Å². The number of hydrogen-bond acceptors (Lipinski definition) is 4. The molecule has 22 heavy (non-hydrogen) atoms. The Morgan fingerprint density at radius 3 is 2.73 bits per heavy atom. The van der Waals surface area contributed by atoms with Gasteiger partial charge in [-0.2, -0.15) is 0 Å². The minimum atomic E-state index is -0.231. The summed E-state index contributed by atoms with van der Waals surface area (Å²) < 4.78 is 4.85. The lowest BCUT2D eigenvalue weighted by atomic mass is 10.0. The van der Waals surface area contributed by atoms with Gasteiger partial charge in [-0.25, -0.2) is 0 Å². The number of ether oxygens (including phenoxy) is 1. The van der Waals surface area contributed by atoms with Crippen LogP contribution in [0.25, 0.3) is 10.9 Å². The third-order valence-electron chi connectivity index (χ3n) is 3.95. The van der Waals surface area contributed by atoms with Crippen LogP contribution in [0, 0.1) is 6.92 Å². The van der Waals surface area contributed by atoms with Crippen LogP contribution in [0.15, 0.2) is 24.3 Å². The highest BCUT2D eigenvalue weighted by Crippen LogP contribution is 2.32. The topological polar surface area (TPSA) is 42.4 Å². The fourth-order valence-electron chi connectivity index (χ4n) is 2.72.